The lowest BCUT2D eigenvalue weighted by molar-refractivity contribution is -0.141. The molecule has 0 aliphatic rings. The number of amides is 1. The first-order valence-electron chi connectivity index (χ1n) is 5.97. The number of carboxylic acid groups (broad SMARTS) is 2. The van der Waals surface area contributed by atoms with Gasteiger partial charge in [0.05, 0.1) is 6.42 Å². The lowest BCUT2D eigenvalue weighted by Gasteiger charge is -2.20. The highest BCUT2D eigenvalue weighted by Gasteiger charge is 2.24. The van der Waals surface area contributed by atoms with Crippen molar-refractivity contribution >= 4 is 23.8 Å². The molecule has 0 fully saturated rings. The Hall–Kier alpha value is -2.40. The van der Waals surface area contributed by atoms with Gasteiger partial charge in [0, 0.05) is 0 Å². The van der Waals surface area contributed by atoms with Gasteiger partial charge in [-0.1, -0.05) is 0 Å². The van der Waals surface area contributed by atoms with Crippen LogP contribution in [0.3, 0.4) is 0 Å². The fourth-order valence-electron chi connectivity index (χ4n) is 1.48. The summed E-state index contributed by atoms with van der Waals surface area (Å²) in [5, 5.41) is 20.2. The summed E-state index contributed by atoms with van der Waals surface area (Å²) >= 11 is 0. The topological polar surface area (TPSA) is 220 Å². The molecule has 1 unspecified atom stereocenters. The van der Waals surface area contributed by atoms with Crippen LogP contribution in [-0.4, -0.2) is 52.3 Å². The van der Waals surface area contributed by atoms with Crippen LogP contribution in [0.2, 0.25) is 0 Å². The van der Waals surface area contributed by atoms with E-state index in [1.54, 1.807) is 0 Å². The number of nitrogens with one attached hydrogen (secondary N) is 1. The molecule has 0 aliphatic carbocycles. The first-order chi connectivity index (χ1) is 9.63. The highest BCUT2D eigenvalue weighted by molar-refractivity contribution is 5.83. The second-order valence-corrected chi connectivity index (χ2v) is 4.32. The fraction of sp³-hybridized carbons (Fsp3) is 0.600. The number of carbonyl (C=O) groups excluding carboxylic acids is 1. The van der Waals surface area contributed by atoms with Crippen LogP contribution in [0.5, 0.6) is 0 Å². The number of hydrogen-bond acceptors (Lipinski definition) is 6. The zero-order chi connectivity index (χ0) is 16.6. The minimum atomic E-state index is -1.31. The van der Waals surface area contributed by atoms with E-state index in [4.69, 9.17) is 33.1 Å². The van der Waals surface area contributed by atoms with Crippen LogP contribution in [0.15, 0.2) is 4.99 Å². The largest absolute Gasteiger partial charge is 0.480 e. The van der Waals surface area contributed by atoms with Gasteiger partial charge in [-0.3, -0.25) is 19.7 Å². The first-order valence-corrected chi connectivity index (χ1v) is 5.97. The molecule has 0 aliphatic heterocycles. The zero-order valence-corrected chi connectivity index (χ0v) is 11.2. The lowest BCUT2D eigenvalue weighted by atomic mass is 10.1. The third-order valence-electron chi connectivity index (χ3n) is 2.47. The van der Waals surface area contributed by atoms with Crippen molar-refractivity contribution in [1.82, 2.24) is 5.32 Å². The maximum absolute atomic E-state index is 11.0. The molecule has 0 saturated carbocycles. The second-order valence-electron chi connectivity index (χ2n) is 4.32. The summed E-state index contributed by atoms with van der Waals surface area (Å²) in [4.78, 5) is 36.2. The van der Waals surface area contributed by atoms with Gasteiger partial charge in [-0.2, -0.15) is 0 Å². The van der Waals surface area contributed by atoms with E-state index in [1.165, 1.54) is 0 Å². The molecular formula is C10H20N6O5. The second kappa shape index (κ2) is 8.71. The number of rotatable bonds is 10. The molecule has 3 atom stereocenters. The van der Waals surface area contributed by atoms with Crippen molar-refractivity contribution in [1.29, 1.82) is 0 Å². The van der Waals surface area contributed by atoms with E-state index in [-0.39, 0.29) is 18.8 Å². The molecule has 11 heteroatoms. The fourth-order valence-corrected chi connectivity index (χ4v) is 1.48. The van der Waals surface area contributed by atoms with Gasteiger partial charge >= 0.3 is 11.9 Å². The third-order valence-corrected chi connectivity index (χ3v) is 2.47. The molecule has 1 amide bonds. The van der Waals surface area contributed by atoms with E-state index in [1.807, 2.05) is 0 Å². The van der Waals surface area contributed by atoms with E-state index in [9.17, 15) is 14.4 Å². The molecule has 0 aromatic rings. The Morgan fingerprint density at radius 1 is 1.05 bits per heavy atom. The Balaban J connectivity index is 4.81. The maximum atomic E-state index is 11.0. The van der Waals surface area contributed by atoms with Gasteiger partial charge in [0.1, 0.15) is 18.2 Å². The number of nitrogens with two attached hydrogens (primary N) is 4. The minimum absolute atomic E-state index is 0.00664. The van der Waals surface area contributed by atoms with Crippen molar-refractivity contribution in [3.8, 4) is 0 Å². The quantitative estimate of drug-likeness (QED) is 0.158. The van der Waals surface area contributed by atoms with Gasteiger partial charge in [0.15, 0.2) is 5.96 Å². The number of guanidine groups is 1. The molecule has 0 bridgehead atoms. The predicted molar refractivity (Wildman–Crippen MR) is 72.8 cm³/mol. The molecule has 0 heterocycles. The van der Waals surface area contributed by atoms with Crippen LogP contribution in [0, 0.1) is 0 Å². The third kappa shape index (κ3) is 8.39. The van der Waals surface area contributed by atoms with Gasteiger partial charge in [-0.15, -0.1) is 0 Å². The van der Waals surface area contributed by atoms with Crippen molar-refractivity contribution < 1.29 is 24.6 Å². The van der Waals surface area contributed by atoms with Crippen LogP contribution in [0.4, 0.5) is 0 Å². The van der Waals surface area contributed by atoms with E-state index in [2.05, 4.69) is 10.3 Å². The molecule has 0 spiro atoms. The molecule has 0 aromatic carbocycles. The summed E-state index contributed by atoms with van der Waals surface area (Å²) in [6.45, 7) is 0. The number of aliphatic carboxylic acids is 2. The molecule has 21 heavy (non-hydrogen) atoms. The summed E-state index contributed by atoms with van der Waals surface area (Å²) in [6.07, 6.45) is -1.29. The Kier molecular flexibility index (Phi) is 7.71. The number of primary amides is 1. The van der Waals surface area contributed by atoms with Crippen molar-refractivity contribution in [2.45, 2.75) is 37.5 Å². The van der Waals surface area contributed by atoms with Crippen molar-refractivity contribution in [2.24, 2.45) is 27.9 Å². The van der Waals surface area contributed by atoms with Gasteiger partial charge < -0.3 is 33.1 Å². The standard InChI is InChI=1S/C10H20N6O5/c11-4(8(18)19)1-2-7(16-10(13)14)15-5(9(20)21)3-6(12)17/h4-5,7,15H,1-3,11H2,(H2,12,17)(H,18,19)(H,20,21)(H4,13,14,16)/t4-,5-,7?/m0/s1. The average Bonchev–Trinajstić information content (AvgIpc) is 2.32. The molecule has 11 N–H and O–H groups in total. The summed E-state index contributed by atoms with van der Waals surface area (Å²) in [7, 11) is 0. The van der Waals surface area contributed by atoms with Crippen LogP contribution >= 0.6 is 0 Å². The molecule has 0 saturated heterocycles. The Bertz CT molecular complexity index is 422. The van der Waals surface area contributed by atoms with Crippen LogP contribution in [0.1, 0.15) is 19.3 Å². The van der Waals surface area contributed by atoms with Gasteiger partial charge in [0.25, 0.3) is 0 Å². The minimum Gasteiger partial charge on any atom is -0.480 e. The van der Waals surface area contributed by atoms with Crippen LogP contribution < -0.4 is 28.3 Å². The molecular weight excluding hydrogens is 284 g/mol. The van der Waals surface area contributed by atoms with Crippen molar-refractivity contribution in [3.63, 3.8) is 0 Å². The normalized spacial score (nSPS) is 14.7. The van der Waals surface area contributed by atoms with Gasteiger partial charge in [0.2, 0.25) is 5.91 Å². The number of carbonyl (C=O) groups is 3. The van der Waals surface area contributed by atoms with E-state index >= 15 is 0 Å². The Labute approximate surface area is 120 Å². The Morgan fingerprint density at radius 3 is 2.00 bits per heavy atom. The number of hydrogen-bond donors (Lipinski definition) is 7. The summed E-state index contributed by atoms with van der Waals surface area (Å²) < 4.78 is 0. The monoisotopic (exact) mass is 304 g/mol. The average molecular weight is 304 g/mol. The van der Waals surface area contributed by atoms with E-state index in [0.717, 1.165) is 0 Å². The Morgan fingerprint density at radius 2 is 1.62 bits per heavy atom. The smallest absolute Gasteiger partial charge is 0.321 e. The lowest BCUT2D eigenvalue weighted by Crippen LogP contribution is -2.46. The molecule has 11 nitrogen and oxygen atoms in total. The van der Waals surface area contributed by atoms with Crippen LogP contribution in [0.25, 0.3) is 0 Å². The summed E-state index contributed by atoms with van der Waals surface area (Å²) in [6, 6.07) is -2.43. The highest BCUT2D eigenvalue weighted by atomic mass is 16.4. The predicted octanol–water partition coefficient (Wildman–Crippen LogP) is -3.30. The molecule has 0 rings (SSSR count). The van der Waals surface area contributed by atoms with E-state index in [0.29, 0.717) is 0 Å². The molecule has 0 aromatic heterocycles. The highest BCUT2D eigenvalue weighted by Crippen LogP contribution is 2.05. The van der Waals surface area contributed by atoms with Crippen LogP contribution in [-0.2, 0) is 14.4 Å². The van der Waals surface area contributed by atoms with E-state index < -0.39 is 42.5 Å². The number of carboxylic acids is 2. The SMILES string of the molecule is NC(=O)C[C@H](NC(CC[C@H](N)C(=O)O)N=C(N)N)C(=O)O. The molecule has 0 radical (unpaired) electrons. The van der Waals surface area contributed by atoms with Gasteiger partial charge in [-0.05, 0) is 12.8 Å². The summed E-state index contributed by atoms with van der Waals surface area (Å²) in [5.74, 6) is -3.65. The zero-order valence-electron chi connectivity index (χ0n) is 11.2. The summed E-state index contributed by atoms with van der Waals surface area (Å²) in [5.41, 5.74) is 20.7. The van der Waals surface area contributed by atoms with Gasteiger partial charge in [-0.25, -0.2) is 4.99 Å². The molecule has 120 valence electrons. The number of nitrogens with zero attached hydrogens (tertiary/aromatic N) is 1. The van der Waals surface area contributed by atoms with Crippen molar-refractivity contribution in [2.75, 3.05) is 0 Å². The maximum Gasteiger partial charge on any atom is 0.321 e. The first kappa shape index (κ1) is 18.6. The van der Waals surface area contributed by atoms with Crippen molar-refractivity contribution in [3.05, 3.63) is 0 Å². The number of aliphatic imine (C=N–C) groups is 1.